The van der Waals surface area contributed by atoms with Crippen molar-refractivity contribution >= 4 is 7.82 Å². The van der Waals surface area contributed by atoms with E-state index >= 15 is 0 Å². The van der Waals surface area contributed by atoms with Crippen molar-refractivity contribution in [2.45, 2.75) is 58.0 Å². The molecule has 1 N–H and O–H groups in total. The molecule has 114 valence electrons. The van der Waals surface area contributed by atoms with E-state index in [1.807, 2.05) is 0 Å². The van der Waals surface area contributed by atoms with E-state index in [-0.39, 0.29) is 19.3 Å². The van der Waals surface area contributed by atoms with Gasteiger partial charge in [-0.05, 0) is 32.6 Å². The third-order valence-electron chi connectivity index (χ3n) is 2.93. The molecule has 0 spiro atoms. The lowest BCUT2D eigenvalue weighted by Gasteiger charge is -2.20. The molecule has 1 aliphatic rings. The number of unbranched alkanes of at least 4 members (excludes halogenated alkanes) is 1. The highest BCUT2D eigenvalue weighted by Gasteiger charge is 2.19. The lowest BCUT2D eigenvalue weighted by molar-refractivity contribution is -0.328. The number of phosphoric acid groups is 1. The minimum atomic E-state index is -3.84. The zero-order valence-electron chi connectivity index (χ0n) is 11.6. The Labute approximate surface area is 114 Å². The molecule has 0 aliphatic heterocycles. The predicted molar refractivity (Wildman–Crippen MR) is 70.5 cm³/mol. The Balaban J connectivity index is 1.89. The number of hydrogen-bond acceptors (Lipinski definition) is 5. The van der Waals surface area contributed by atoms with Crippen molar-refractivity contribution in [1.82, 2.24) is 0 Å². The number of phosphoric ester groups is 1. The minimum absolute atomic E-state index is 0.159. The maximum atomic E-state index is 11.2. The molecule has 0 aromatic heterocycles. The zero-order chi connectivity index (χ0) is 14.0. The van der Waals surface area contributed by atoms with E-state index in [1.54, 1.807) is 6.92 Å². The molecule has 1 aliphatic carbocycles. The maximum Gasteiger partial charge on any atom is 0.472 e. The molecule has 1 saturated carbocycles. The average Bonchev–Trinajstić information content (AvgIpc) is 2.38. The highest BCUT2D eigenvalue weighted by Crippen LogP contribution is 2.42. The van der Waals surface area contributed by atoms with Gasteiger partial charge in [-0.2, -0.15) is 0 Å². The van der Waals surface area contributed by atoms with Gasteiger partial charge in [0.2, 0.25) is 0 Å². The minimum Gasteiger partial charge on any atom is -0.302 e. The zero-order valence-corrected chi connectivity index (χ0v) is 12.5. The lowest BCUT2D eigenvalue weighted by atomic mass is 9.98. The summed E-state index contributed by atoms with van der Waals surface area (Å²) in [5.74, 6) is 0. The second kappa shape index (κ2) is 9.86. The highest BCUT2D eigenvalue weighted by molar-refractivity contribution is 7.47. The van der Waals surface area contributed by atoms with Crippen LogP contribution in [0.2, 0.25) is 0 Å². The molecule has 0 saturated heterocycles. The molecule has 0 bridgehead atoms. The van der Waals surface area contributed by atoms with Crippen LogP contribution in [0.3, 0.4) is 0 Å². The van der Waals surface area contributed by atoms with Gasteiger partial charge in [-0.15, -0.1) is 0 Å². The standard InChI is InChI=1S/C12H25O6P/c1-2-16-19(13,14)17-11-7-6-10-15-18-12-8-4-3-5-9-12/h12H,2-11H2,1H3,(H,13,14). The van der Waals surface area contributed by atoms with Crippen molar-refractivity contribution in [2.75, 3.05) is 19.8 Å². The van der Waals surface area contributed by atoms with Crippen molar-refractivity contribution in [3.8, 4) is 0 Å². The first kappa shape index (κ1) is 17.1. The summed E-state index contributed by atoms with van der Waals surface area (Å²) < 4.78 is 20.5. The fourth-order valence-electron chi connectivity index (χ4n) is 1.95. The van der Waals surface area contributed by atoms with E-state index in [2.05, 4.69) is 4.52 Å². The van der Waals surface area contributed by atoms with Gasteiger partial charge in [0.25, 0.3) is 0 Å². The number of hydrogen-bond donors (Lipinski definition) is 1. The van der Waals surface area contributed by atoms with E-state index in [0.29, 0.717) is 13.0 Å². The van der Waals surface area contributed by atoms with E-state index in [4.69, 9.17) is 19.2 Å². The Hall–Kier alpha value is 0.0300. The van der Waals surface area contributed by atoms with Gasteiger partial charge in [0, 0.05) is 0 Å². The summed E-state index contributed by atoms with van der Waals surface area (Å²) in [6.45, 7) is 2.46. The predicted octanol–water partition coefficient (Wildman–Crippen LogP) is 3.20. The van der Waals surface area contributed by atoms with Gasteiger partial charge in [0.1, 0.15) is 0 Å². The Morgan fingerprint density at radius 3 is 2.47 bits per heavy atom. The number of rotatable bonds is 10. The molecule has 0 aromatic carbocycles. The first-order chi connectivity index (χ1) is 9.14. The van der Waals surface area contributed by atoms with Gasteiger partial charge < -0.3 is 4.89 Å². The molecule has 0 aromatic rings. The summed E-state index contributed by atoms with van der Waals surface area (Å²) in [6, 6.07) is 0. The molecule has 0 heterocycles. The fourth-order valence-corrected chi connectivity index (χ4v) is 2.71. The SMILES string of the molecule is CCOP(=O)(O)OCCCCOOC1CCCCC1. The van der Waals surface area contributed by atoms with Gasteiger partial charge in [-0.25, -0.2) is 14.3 Å². The van der Waals surface area contributed by atoms with Gasteiger partial charge in [0.15, 0.2) is 0 Å². The van der Waals surface area contributed by atoms with Gasteiger partial charge in [0.05, 0.1) is 25.9 Å². The summed E-state index contributed by atoms with van der Waals surface area (Å²) in [5, 5.41) is 0. The average molecular weight is 296 g/mol. The molecule has 1 unspecified atom stereocenters. The fraction of sp³-hybridized carbons (Fsp3) is 1.00. The van der Waals surface area contributed by atoms with Crippen molar-refractivity contribution in [2.24, 2.45) is 0 Å². The summed E-state index contributed by atoms with van der Waals surface area (Å²) in [4.78, 5) is 19.6. The molecular weight excluding hydrogens is 271 g/mol. The second-order valence-corrected chi connectivity index (χ2v) is 6.06. The summed E-state index contributed by atoms with van der Waals surface area (Å²) in [7, 11) is -3.84. The third kappa shape index (κ3) is 8.74. The summed E-state index contributed by atoms with van der Waals surface area (Å²) in [6.07, 6.45) is 7.45. The van der Waals surface area contributed by atoms with Crippen molar-refractivity contribution in [3.63, 3.8) is 0 Å². The van der Waals surface area contributed by atoms with E-state index < -0.39 is 7.82 Å². The largest absolute Gasteiger partial charge is 0.472 e. The van der Waals surface area contributed by atoms with Crippen LogP contribution >= 0.6 is 7.82 Å². The van der Waals surface area contributed by atoms with Crippen LogP contribution in [0.4, 0.5) is 0 Å². The van der Waals surface area contributed by atoms with E-state index in [0.717, 1.165) is 19.3 Å². The Kier molecular flexibility index (Phi) is 8.86. The quantitative estimate of drug-likeness (QED) is 0.289. The van der Waals surface area contributed by atoms with Crippen LogP contribution in [-0.2, 0) is 23.4 Å². The highest BCUT2D eigenvalue weighted by atomic mass is 31.2. The first-order valence-corrected chi connectivity index (χ1v) is 8.54. The van der Waals surface area contributed by atoms with Crippen LogP contribution in [0.5, 0.6) is 0 Å². The normalized spacial score (nSPS) is 20.3. The Bertz CT molecular complexity index is 267. The Morgan fingerprint density at radius 1 is 1.11 bits per heavy atom. The van der Waals surface area contributed by atoms with Crippen LogP contribution in [-0.4, -0.2) is 30.8 Å². The van der Waals surface area contributed by atoms with Crippen molar-refractivity contribution < 1.29 is 28.3 Å². The first-order valence-electron chi connectivity index (χ1n) is 7.04. The van der Waals surface area contributed by atoms with Crippen molar-refractivity contribution in [3.05, 3.63) is 0 Å². The molecule has 0 amide bonds. The van der Waals surface area contributed by atoms with Crippen LogP contribution in [0.1, 0.15) is 51.9 Å². The molecule has 1 rings (SSSR count). The molecule has 6 nitrogen and oxygen atoms in total. The molecule has 0 radical (unpaired) electrons. The smallest absolute Gasteiger partial charge is 0.302 e. The molecular formula is C12H25O6P. The Morgan fingerprint density at radius 2 is 1.79 bits per heavy atom. The lowest BCUT2D eigenvalue weighted by Crippen LogP contribution is -2.17. The molecule has 7 heteroatoms. The van der Waals surface area contributed by atoms with E-state index in [1.165, 1.54) is 19.3 Å². The van der Waals surface area contributed by atoms with E-state index in [9.17, 15) is 4.57 Å². The van der Waals surface area contributed by atoms with Gasteiger partial charge in [-0.1, -0.05) is 19.3 Å². The maximum absolute atomic E-state index is 11.2. The molecule has 1 atom stereocenters. The molecule has 19 heavy (non-hydrogen) atoms. The third-order valence-corrected chi connectivity index (χ3v) is 4.02. The summed E-state index contributed by atoms with van der Waals surface area (Å²) >= 11 is 0. The molecule has 1 fully saturated rings. The second-order valence-electron chi connectivity index (χ2n) is 4.60. The van der Waals surface area contributed by atoms with Crippen LogP contribution in [0.15, 0.2) is 0 Å². The van der Waals surface area contributed by atoms with Gasteiger partial charge >= 0.3 is 7.82 Å². The topological polar surface area (TPSA) is 74.2 Å². The summed E-state index contributed by atoms with van der Waals surface area (Å²) in [5.41, 5.74) is 0. The van der Waals surface area contributed by atoms with Crippen LogP contribution < -0.4 is 0 Å². The monoisotopic (exact) mass is 296 g/mol. The van der Waals surface area contributed by atoms with Crippen LogP contribution in [0.25, 0.3) is 0 Å². The van der Waals surface area contributed by atoms with Crippen molar-refractivity contribution in [1.29, 1.82) is 0 Å². The van der Waals surface area contributed by atoms with Gasteiger partial charge in [-0.3, -0.25) is 9.05 Å². The van der Waals surface area contributed by atoms with Crippen LogP contribution in [0, 0.1) is 0 Å².